The Morgan fingerprint density at radius 2 is 2.08 bits per heavy atom. The topological polar surface area (TPSA) is 62.7 Å². The van der Waals surface area contributed by atoms with E-state index in [1.807, 2.05) is 18.2 Å². The van der Waals surface area contributed by atoms with Crippen LogP contribution in [0.1, 0.15) is 12.8 Å². The summed E-state index contributed by atoms with van der Waals surface area (Å²) in [6.07, 6.45) is 3.23. The first-order valence-electron chi connectivity index (χ1n) is 7.97. The Labute approximate surface area is 147 Å². The van der Waals surface area contributed by atoms with Crippen LogP contribution in [0.2, 0.25) is 0 Å². The molecule has 0 unspecified atom stereocenters. The molecule has 1 aromatic heterocycles. The fraction of sp³-hybridized carbons (Fsp3) is 0.562. The van der Waals surface area contributed by atoms with E-state index in [1.54, 1.807) is 25.5 Å². The Hall–Kier alpha value is -1.38. The molecular formula is C16H23N3O3S2. The Morgan fingerprint density at radius 1 is 1.38 bits per heavy atom. The lowest BCUT2D eigenvalue weighted by atomic mass is 9.97. The summed E-state index contributed by atoms with van der Waals surface area (Å²) >= 11 is 1.68. The van der Waals surface area contributed by atoms with Gasteiger partial charge < -0.3 is 9.64 Å². The second-order valence-electron chi connectivity index (χ2n) is 6.30. The van der Waals surface area contributed by atoms with Crippen molar-refractivity contribution in [2.75, 3.05) is 44.9 Å². The third-order valence-electron chi connectivity index (χ3n) is 4.55. The molecule has 0 N–H and O–H groups in total. The van der Waals surface area contributed by atoms with Crippen LogP contribution in [0.5, 0.6) is 5.75 Å². The van der Waals surface area contributed by atoms with Gasteiger partial charge in [-0.3, -0.25) is 0 Å². The van der Waals surface area contributed by atoms with Crippen molar-refractivity contribution in [1.82, 2.24) is 9.29 Å². The monoisotopic (exact) mass is 369 g/mol. The number of piperidine rings is 1. The number of hydrogen-bond acceptors (Lipinski definition) is 6. The summed E-state index contributed by atoms with van der Waals surface area (Å²) in [5, 5.41) is 1.04. The maximum absolute atomic E-state index is 11.5. The molecule has 1 saturated heterocycles. The molecule has 0 bridgehead atoms. The molecule has 0 amide bonds. The van der Waals surface area contributed by atoms with Gasteiger partial charge in [0, 0.05) is 26.7 Å². The van der Waals surface area contributed by atoms with Gasteiger partial charge in [-0.1, -0.05) is 11.3 Å². The van der Waals surface area contributed by atoms with E-state index < -0.39 is 10.0 Å². The molecule has 2 heterocycles. The predicted molar refractivity (Wildman–Crippen MR) is 98.6 cm³/mol. The van der Waals surface area contributed by atoms with E-state index in [0.717, 1.165) is 47.0 Å². The number of aromatic nitrogens is 1. The van der Waals surface area contributed by atoms with E-state index in [-0.39, 0.29) is 0 Å². The number of nitrogens with zero attached hydrogens (tertiary/aromatic N) is 3. The molecule has 2 aromatic rings. The van der Waals surface area contributed by atoms with Gasteiger partial charge in [0.25, 0.3) is 0 Å². The van der Waals surface area contributed by atoms with Gasteiger partial charge in [0.05, 0.1) is 23.6 Å². The Balaban J connectivity index is 1.64. The SMILES string of the molecule is COc1ccc2nc(N3CCC(CN(C)S(C)(=O)=O)CC3)sc2c1. The average molecular weight is 370 g/mol. The van der Waals surface area contributed by atoms with Gasteiger partial charge in [-0.25, -0.2) is 17.7 Å². The number of fused-ring (bicyclic) bond motifs is 1. The molecule has 1 fully saturated rings. The maximum atomic E-state index is 11.5. The molecule has 0 atom stereocenters. The van der Waals surface area contributed by atoms with Crippen LogP contribution in [0, 0.1) is 5.92 Å². The summed E-state index contributed by atoms with van der Waals surface area (Å²) < 4.78 is 30.9. The number of rotatable bonds is 5. The summed E-state index contributed by atoms with van der Waals surface area (Å²) in [6, 6.07) is 5.94. The molecule has 1 aliphatic rings. The van der Waals surface area contributed by atoms with Crippen molar-refractivity contribution in [1.29, 1.82) is 0 Å². The van der Waals surface area contributed by atoms with E-state index in [1.165, 1.54) is 10.6 Å². The second kappa shape index (κ2) is 6.85. The maximum Gasteiger partial charge on any atom is 0.210 e. The largest absolute Gasteiger partial charge is 0.497 e. The molecule has 8 heteroatoms. The third-order valence-corrected chi connectivity index (χ3v) is 6.91. The molecule has 0 radical (unpaired) electrons. The quantitative estimate of drug-likeness (QED) is 0.810. The molecule has 3 rings (SSSR count). The molecule has 132 valence electrons. The van der Waals surface area contributed by atoms with Crippen molar-refractivity contribution in [3.63, 3.8) is 0 Å². The van der Waals surface area contributed by atoms with E-state index in [0.29, 0.717) is 12.5 Å². The lowest BCUT2D eigenvalue weighted by Gasteiger charge is -2.33. The number of methoxy groups -OCH3 is 1. The first-order chi connectivity index (χ1) is 11.4. The number of anilines is 1. The molecule has 1 aromatic carbocycles. The summed E-state index contributed by atoms with van der Waals surface area (Å²) in [6.45, 7) is 2.43. The van der Waals surface area contributed by atoms with Crippen LogP contribution in [0.3, 0.4) is 0 Å². The minimum atomic E-state index is -3.09. The number of hydrogen-bond donors (Lipinski definition) is 0. The average Bonchev–Trinajstić information content (AvgIpc) is 2.97. The Kier molecular flexibility index (Phi) is 4.98. The van der Waals surface area contributed by atoms with Crippen LogP contribution in [-0.4, -0.2) is 57.8 Å². The molecular weight excluding hydrogens is 346 g/mol. The number of thiazole rings is 1. The van der Waals surface area contributed by atoms with Crippen LogP contribution in [0.15, 0.2) is 18.2 Å². The van der Waals surface area contributed by atoms with E-state index in [4.69, 9.17) is 9.72 Å². The standard InChI is InChI=1S/C16H23N3O3S2/c1-18(24(3,20)21)11-12-6-8-19(9-7-12)16-17-14-5-4-13(22-2)10-15(14)23-16/h4-5,10,12H,6-9,11H2,1-3H3. The highest BCUT2D eigenvalue weighted by atomic mass is 32.2. The number of benzene rings is 1. The minimum Gasteiger partial charge on any atom is -0.497 e. The normalized spacial score (nSPS) is 16.9. The zero-order valence-electron chi connectivity index (χ0n) is 14.2. The summed E-state index contributed by atoms with van der Waals surface area (Å²) in [7, 11) is 0.229. The highest BCUT2D eigenvalue weighted by Crippen LogP contribution is 2.33. The molecule has 0 saturated carbocycles. The summed E-state index contributed by atoms with van der Waals surface area (Å²) in [4.78, 5) is 7.02. The van der Waals surface area contributed by atoms with Crippen LogP contribution in [0.4, 0.5) is 5.13 Å². The first-order valence-corrected chi connectivity index (χ1v) is 10.6. The number of sulfonamides is 1. The lowest BCUT2D eigenvalue weighted by molar-refractivity contribution is 0.329. The van der Waals surface area contributed by atoms with Gasteiger partial charge in [-0.05, 0) is 37.0 Å². The first kappa shape index (κ1) is 17.4. The van der Waals surface area contributed by atoms with E-state index in [2.05, 4.69) is 4.90 Å². The molecule has 0 aliphatic carbocycles. The van der Waals surface area contributed by atoms with Gasteiger partial charge in [-0.2, -0.15) is 0 Å². The van der Waals surface area contributed by atoms with Crippen molar-refractivity contribution in [3.8, 4) is 5.75 Å². The van der Waals surface area contributed by atoms with Crippen LogP contribution >= 0.6 is 11.3 Å². The molecule has 6 nitrogen and oxygen atoms in total. The van der Waals surface area contributed by atoms with Crippen molar-refractivity contribution >= 4 is 36.7 Å². The fourth-order valence-electron chi connectivity index (χ4n) is 2.96. The Morgan fingerprint density at radius 3 is 2.71 bits per heavy atom. The second-order valence-corrected chi connectivity index (χ2v) is 9.40. The van der Waals surface area contributed by atoms with Gasteiger partial charge in [0.15, 0.2) is 5.13 Å². The predicted octanol–water partition coefficient (Wildman–Crippen LogP) is 2.41. The fourth-order valence-corrected chi connectivity index (χ4v) is 4.49. The molecule has 1 aliphatic heterocycles. The van der Waals surface area contributed by atoms with Crippen molar-refractivity contribution in [2.24, 2.45) is 5.92 Å². The third kappa shape index (κ3) is 3.81. The zero-order chi connectivity index (χ0) is 17.3. The number of ether oxygens (including phenoxy) is 1. The summed E-state index contributed by atoms with van der Waals surface area (Å²) in [5.74, 6) is 1.26. The van der Waals surface area contributed by atoms with Crippen LogP contribution < -0.4 is 9.64 Å². The van der Waals surface area contributed by atoms with Crippen molar-refractivity contribution in [3.05, 3.63) is 18.2 Å². The van der Waals surface area contributed by atoms with E-state index >= 15 is 0 Å². The van der Waals surface area contributed by atoms with Gasteiger partial charge in [0.1, 0.15) is 5.75 Å². The smallest absolute Gasteiger partial charge is 0.210 e. The van der Waals surface area contributed by atoms with Crippen LogP contribution in [-0.2, 0) is 10.0 Å². The molecule has 0 spiro atoms. The summed E-state index contributed by atoms with van der Waals surface area (Å²) in [5.41, 5.74) is 0.995. The Bertz CT molecular complexity index is 811. The molecule has 24 heavy (non-hydrogen) atoms. The van der Waals surface area contributed by atoms with Gasteiger partial charge in [-0.15, -0.1) is 0 Å². The lowest BCUT2D eigenvalue weighted by Crippen LogP contribution is -2.39. The highest BCUT2D eigenvalue weighted by molar-refractivity contribution is 7.88. The zero-order valence-corrected chi connectivity index (χ0v) is 15.9. The van der Waals surface area contributed by atoms with E-state index in [9.17, 15) is 8.42 Å². The van der Waals surface area contributed by atoms with Gasteiger partial charge >= 0.3 is 0 Å². The van der Waals surface area contributed by atoms with Crippen molar-refractivity contribution in [2.45, 2.75) is 12.8 Å². The van der Waals surface area contributed by atoms with Crippen molar-refractivity contribution < 1.29 is 13.2 Å². The van der Waals surface area contributed by atoms with Crippen LogP contribution in [0.25, 0.3) is 10.2 Å². The van der Waals surface area contributed by atoms with Gasteiger partial charge in [0.2, 0.25) is 10.0 Å². The minimum absolute atomic E-state index is 0.412. The highest BCUT2D eigenvalue weighted by Gasteiger charge is 2.24.